The summed E-state index contributed by atoms with van der Waals surface area (Å²) in [4.78, 5) is 4.16. The Balaban J connectivity index is 2.27. The highest BCUT2D eigenvalue weighted by atomic mass is 19.4. The van der Waals surface area contributed by atoms with E-state index in [4.69, 9.17) is 5.73 Å². The van der Waals surface area contributed by atoms with Gasteiger partial charge in [0.1, 0.15) is 0 Å². The van der Waals surface area contributed by atoms with Crippen molar-refractivity contribution in [3.8, 4) is 0 Å². The minimum atomic E-state index is -4.40. The van der Waals surface area contributed by atoms with Crippen LogP contribution < -0.4 is 10.6 Å². The first-order valence-electron chi connectivity index (χ1n) is 6.21. The summed E-state index contributed by atoms with van der Waals surface area (Å²) in [6, 6.07) is 4.46. The number of rotatable bonds is 1. The molecule has 0 radical (unpaired) electrons. The van der Waals surface area contributed by atoms with Crippen LogP contribution in [-0.4, -0.2) is 37.6 Å². The van der Waals surface area contributed by atoms with Crippen molar-refractivity contribution in [3.05, 3.63) is 23.8 Å². The van der Waals surface area contributed by atoms with E-state index in [1.165, 1.54) is 6.07 Å². The van der Waals surface area contributed by atoms with Gasteiger partial charge in [-0.3, -0.25) is 0 Å². The first kappa shape index (κ1) is 14.0. The van der Waals surface area contributed by atoms with Crippen LogP contribution in [-0.2, 0) is 6.18 Å². The van der Waals surface area contributed by atoms with Crippen molar-refractivity contribution in [2.75, 3.05) is 37.3 Å². The van der Waals surface area contributed by atoms with Gasteiger partial charge in [-0.05, 0) is 32.2 Å². The first-order valence-corrected chi connectivity index (χ1v) is 6.21. The van der Waals surface area contributed by atoms with Gasteiger partial charge in [0.25, 0.3) is 0 Å². The summed E-state index contributed by atoms with van der Waals surface area (Å²) in [5.41, 5.74) is 5.02. The fourth-order valence-electron chi connectivity index (χ4n) is 2.27. The Hall–Kier alpha value is -1.43. The molecule has 1 heterocycles. The van der Waals surface area contributed by atoms with Crippen molar-refractivity contribution in [3.63, 3.8) is 0 Å². The average molecular weight is 273 g/mol. The number of hydrogen-bond donors (Lipinski definition) is 1. The standard InChI is InChI=1S/C13H18F3N3/c1-9-8-19(6-5-18(9)2)10-3-4-12(17)11(7-10)13(14,15)16/h3-4,7,9H,5-6,8,17H2,1-2H3. The van der Waals surface area contributed by atoms with Crippen LogP contribution in [0.15, 0.2) is 18.2 Å². The first-order chi connectivity index (χ1) is 8.79. The summed E-state index contributed by atoms with van der Waals surface area (Å²) < 4.78 is 38.5. The summed E-state index contributed by atoms with van der Waals surface area (Å²) in [7, 11) is 2.02. The van der Waals surface area contributed by atoms with Gasteiger partial charge in [0, 0.05) is 37.1 Å². The molecule has 1 aromatic rings. The number of alkyl halides is 3. The number of benzene rings is 1. The number of nitrogen functional groups attached to an aromatic ring is 1. The minimum absolute atomic E-state index is 0.224. The number of anilines is 2. The molecule has 1 aliphatic rings. The molecule has 1 atom stereocenters. The van der Waals surface area contributed by atoms with E-state index in [1.54, 1.807) is 6.07 Å². The predicted octanol–water partition coefficient (Wildman–Crippen LogP) is 2.43. The maximum absolute atomic E-state index is 12.8. The monoisotopic (exact) mass is 273 g/mol. The van der Waals surface area contributed by atoms with Crippen molar-refractivity contribution in [1.29, 1.82) is 0 Å². The topological polar surface area (TPSA) is 32.5 Å². The second kappa shape index (κ2) is 4.92. The van der Waals surface area contributed by atoms with E-state index in [9.17, 15) is 13.2 Å². The Morgan fingerprint density at radius 2 is 1.95 bits per heavy atom. The normalized spacial score (nSPS) is 21.7. The molecule has 0 aromatic heterocycles. The molecular formula is C13H18F3N3. The fourth-order valence-corrected chi connectivity index (χ4v) is 2.27. The SMILES string of the molecule is CC1CN(c2ccc(N)c(C(F)(F)F)c2)CCN1C. The Morgan fingerprint density at radius 1 is 1.26 bits per heavy atom. The summed E-state index contributed by atoms with van der Waals surface area (Å²) in [6.45, 7) is 4.35. The molecule has 1 aliphatic heterocycles. The fraction of sp³-hybridized carbons (Fsp3) is 0.538. The third kappa shape index (κ3) is 2.94. The number of hydrogen-bond acceptors (Lipinski definition) is 3. The smallest absolute Gasteiger partial charge is 0.398 e. The maximum atomic E-state index is 12.8. The zero-order valence-electron chi connectivity index (χ0n) is 11.0. The van der Waals surface area contributed by atoms with Crippen LogP contribution >= 0.6 is 0 Å². The van der Waals surface area contributed by atoms with Gasteiger partial charge in [0.15, 0.2) is 0 Å². The van der Waals surface area contributed by atoms with Crippen LogP contribution in [0, 0.1) is 0 Å². The van der Waals surface area contributed by atoms with Crippen LogP contribution in [0.1, 0.15) is 12.5 Å². The third-order valence-corrected chi connectivity index (χ3v) is 3.67. The predicted molar refractivity (Wildman–Crippen MR) is 70.2 cm³/mol. The highest BCUT2D eigenvalue weighted by Crippen LogP contribution is 2.36. The maximum Gasteiger partial charge on any atom is 0.418 e. The van der Waals surface area contributed by atoms with Gasteiger partial charge in [-0.15, -0.1) is 0 Å². The molecule has 1 fully saturated rings. The lowest BCUT2D eigenvalue weighted by Crippen LogP contribution is -2.50. The van der Waals surface area contributed by atoms with Gasteiger partial charge >= 0.3 is 6.18 Å². The zero-order chi connectivity index (χ0) is 14.2. The van der Waals surface area contributed by atoms with Crippen LogP contribution in [0.3, 0.4) is 0 Å². The van der Waals surface area contributed by atoms with E-state index >= 15 is 0 Å². The van der Waals surface area contributed by atoms with Crippen LogP contribution in [0.4, 0.5) is 24.5 Å². The molecule has 1 unspecified atom stereocenters. The molecule has 106 valence electrons. The van der Waals surface area contributed by atoms with Gasteiger partial charge in [-0.1, -0.05) is 0 Å². The van der Waals surface area contributed by atoms with E-state index in [0.717, 1.165) is 25.7 Å². The van der Waals surface area contributed by atoms with Gasteiger partial charge < -0.3 is 15.5 Å². The third-order valence-electron chi connectivity index (χ3n) is 3.67. The number of nitrogens with zero attached hydrogens (tertiary/aromatic N) is 2. The Labute approximate surface area is 110 Å². The van der Waals surface area contributed by atoms with Crippen LogP contribution in [0.2, 0.25) is 0 Å². The molecule has 0 spiro atoms. The lowest BCUT2D eigenvalue weighted by atomic mass is 10.1. The second-order valence-corrected chi connectivity index (χ2v) is 5.04. The van der Waals surface area contributed by atoms with E-state index < -0.39 is 11.7 Å². The van der Waals surface area contributed by atoms with E-state index in [0.29, 0.717) is 11.7 Å². The van der Waals surface area contributed by atoms with Gasteiger partial charge in [-0.2, -0.15) is 13.2 Å². The second-order valence-electron chi connectivity index (χ2n) is 5.04. The van der Waals surface area contributed by atoms with Crippen molar-refractivity contribution >= 4 is 11.4 Å². The highest BCUT2D eigenvalue weighted by Gasteiger charge is 2.34. The molecule has 0 amide bonds. The van der Waals surface area contributed by atoms with Crippen LogP contribution in [0.25, 0.3) is 0 Å². The average Bonchev–Trinajstić information content (AvgIpc) is 2.32. The molecule has 1 saturated heterocycles. The molecule has 3 nitrogen and oxygen atoms in total. The molecule has 19 heavy (non-hydrogen) atoms. The molecule has 0 aliphatic carbocycles. The largest absolute Gasteiger partial charge is 0.418 e. The number of halogens is 3. The number of likely N-dealkylation sites (N-methyl/N-ethyl adjacent to an activating group) is 1. The van der Waals surface area contributed by atoms with Gasteiger partial charge in [-0.25, -0.2) is 0 Å². The lowest BCUT2D eigenvalue weighted by Gasteiger charge is -2.39. The molecular weight excluding hydrogens is 255 g/mol. The quantitative estimate of drug-likeness (QED) is 0.798. The molecule has 2 rings (SSSR count). The van der Waals surface area contributed by atoms with E-state index in [2.05, 4.69) is 11.8 Å². The lowest BCUT2D eigenvalue weighted by molar-refractivity contribution is -0.136. The Morgan fingerprint density at radius 3 is 2.53 bits per heavy atom. The van der Waals surface area contributed by atoms with E-state index in [1.807, 2.05) is 11.9 Å². The summed E-state index contributed by atoms with van der Waals surface area (Å²) >= 11 is 0. The van der Waals surface area contributed by atoms with Crippen LogP contribution in [0.5, 0.6) is 0 Å². The molecule has 0 bridgehead atoms. The summed E-state index contributed by atoms with van der Waals surface area (Å²) in [5.74, 6) is 0. The number of piperazine rings is 1. The Bertz CT molecular complexity index is 459. The molecule has 0 saturated carbocycles. The number of nitrogens with two attached hydrogens (primary N) is 1. The van der Waals surface area contributed by atoms with Crippen molar-refractivity contribution < 1.29 is 13.2 Å². The highest BCUT2D eigenvalue weighted by molar-refractivity contribution is 5.59. The molecule has 1 aromatic carbocycles. The molecule has 2 N–H and O–H groups in total. The summed E-state index contributed by atoms with van der Waals surface area (Å²) in [6.07, 6.45) is -4.40. The van der Waals surface area contributed by atoms with Crippen molar-refractivity contribution in [2.45, 2.75) is 19.1 Å². The zero-order valence-corrected chi connectivity index (χ0v) is 11.0. The minimum Gasteiger partial charge on any atom is -0.398 e. The van der Waals surface area contributed by atoms with Gasteiger partial charge in [0.2, 0.25) is 0 Å². The van der Waals surface area contributed by atoms with E-state index in [-0.39, 0.29) is 5.69 Å². The van der Waals surface area contributed by atoms with Crippen molar-refractivity contribution in [1.82, 2.24) is 4.90 Å². The van der Waals surface area contributed by atoms with Gasteiger partial charge in [0.05, 0.1) is 5.56 Å². The Kier molecular flexibility index (Phi) is 3.62. The van der Waals surface area contributed by atoms with Crippen molar-refractivity contribution in [2.24, 2.45) is 0 Å². The molecule has 6 heteroatoms. The summed E-state index contributed by atoms with van der Waals surface area (Å²) in [5, 5.41) is 0.